The summed E-state index contributed by atoms with van der Waals surface area (Å²) in [6, 6.07) is 13.8. The molecule has 27 heavy (non-hydrogen) atoms. The monoisotopic (exact) mass is 368 g/mol. The number of amides is 2. The Morgan fingerprint density at radius 2 is 1.59 bits per heavy atom. The van der Waals surface area contributed by atoms with Gasteiger partial charge in [0.2, 0.25) is 5.91 Å². The van der Waals surface area contributed by atoms with Crippen LogP contribution in [-0.2, 0) is 19.1 Å². The van der Waals surface area contributed by atoms with Gasteiger partial charge in [0.25, 0.3) is 5.91 Å². The lowest BCUT2D eigenvalue weighted by molar-refractivity contribution is -0.142. The van der Waals surface area contributed by atoms with Crippen molar-refractivity contribution >= 4 is 35.2 Å². The van der Waals surface area contributed by atoms with Gasteiger partial charge in [0.05, 0.1) is 7.11 Å². The zero-order chi connectivity index (χ0) is 19.6. The molecule has 0 fully saturated rings. The van der Waals surface area contributed by atoms with Gasteiger partial charge < -0.3 is 20.1 Å². The van der Waals surface area contributed by atoms with E-state index in [4.69, 9.17) is 9.47 Å². The molecule has 2 rings (SSSR count). The van der Waals surface area contributed by atoms with E-state index >= 15 is 0 Å². The summed E-state index contributed by atoms with van der Waals surface area (Å²) in [6.45, 7) is 0.995. The minimum Gasteiger partial charge on any atom is -0.496 e. The molecule has 0 radical (unpaired) electrons. The van der Waals surface area contributed by atoms with Crippen LogP contribution in [0.3, 0.4) is 0 Å². The van der Waals surface area contributed by atoms with E-state index in [1.807, 2.05) is 12.1 Å². The molecule has 0 aliphatic rings. The van der Waals surface area contributed by atoms with E-state index in [9.17, 15) is 14.4 Å². The van der Waals surface area contributed by atoms with E-state index in [2.05, 4.69) is 10.6 Å². The van der Waals surface area contributed by atoms with Gasteiger partial charge in [-0.25, -0.2) is 4.79 Å². The van der Waals surface area contributed by atoms with Crippen LogP contribution in [0.2, 0.25) is 0 Å². The van der Waals surface area contributed by atoms with Gasteiger partial charge in [0.15, 0.2) is 6.61 Å². The van der Waals surface area contributed by atoms with Crippen molar-refractivity contribution < 1.29 is 23.9 Å². The molecule has 0 heterocycles. The first-order chi connectivity index (χ1) is 13.0. The molecule has 7 heteroatoms. The number of hydrogen-bond acceptors (Lipinski definition) is 5. The predicted molar refractivity (Wildman–Crippen MR) is 102 cm³/mol. The molecule has 0 atom stereocenters. The summed E-state index contributed by atoms with van der Waals surface area (Å²) in [5.74, 6) is -0.666. The Hall–Kier alpha value is -3.61. The molecule has 2 amide bonds. The first-order valence-electron chi connectivity index (χ1n) is 8.13. The zero-order valence-electron chi connectivity index (χ0n) is 15.0. The highest BCUT2D eigenvalue weighted by atomic mass is 16.5. The summed E-state index contributed by atoms with van der Waals surface area (Å²) < 4.78 is 10.1. The highest BCUT2D eigenvalue weighted by Gasteiger charge is 2.06. The van der Waals surface area contributed by atoms with Crippen LogP contribution < -0.4 is 15.4 Å². The topological polar surface area (TPSA) is 93.7 Å². The molecule has 0 saturated heterocycles. The molecule has 0 bridgehead atoms. The summed E-state index contributed by atoms with van der Waals surface area (Å²) >= 11 is 0. The normalized spacial score (nSPS) is 10.3. The number of carbonyl (C=O) groups excluding carboxylic acids is 3. The van der Waals surface area contributed by atoms with Crippen LogP contribution in [0.1, 0.15) is 12.5 Å². The number of esters is 1. The Morgan fingerprint density at radius 3 is 2.22 bits per heavy atom. The molecule has 140 valence electrons. The van der Waals surface area contributed by atoms with E-state index in [-0.39, 0.29) is 5.91 Å². The summed E-state index contributed by atoms with van der Waals surface area (Å²) in [7, 11) is 1.54. The first-order valence-corrected chi connectivity index (χ1v) is 8.13. The van der Waals surface area contributed by atoms with Crippen molar-refractivity contribution in [2.45, 2.75) is 6.92 Å². The van der Waals surface area contributed by atoms with Gasteiger partial charge in [0.1, 0.15) is 5.75 Å². The van der Waals surface area contributed by atoms with Crippen LogP contribution in [0.5, 0.6) is 5.75 Å². The van der Waals surface area contributed by atoms with Crippen molar-refractivity contribution in [3.05, 3.63) is 60.2 Å². The molecule has 2 aromatic rings. The number of methoxy groups -OCH3 is 1. The van der Waals surface area contributed by atoms with Crippen LogP contribution in [0.15, 0.2) is 54.6 Å². The first kappa shape index (κ1) is 19.7. The summed E-state index contributed by atoms with van der Waals surface area (Å²) in [5, 5.41) is 5.22. The number of anilines is 2. The van der Waals surface area contributed by atoms with Gasteiger partial charge in [-0.3, -0.25) is 9.59 Å². The molecule has 0 saturated carbocycles. The highest BCUT2D eigenvalue weighted by molar-refractivity contribution is 5.95. The third kappa shape index (κ3) is 6.66. The number of ether oxygens (including phenoxy) is 2. The lowest BCUT2D eigenvalue weighted by Gasteiger charge is -2.07. The Bertz CT molecular complexity index is 844. The molecule has 0 aliphatic carbocycles. The van der Waals surface area contributed by atoms with Gasteiger partial charge >= 0.3 is 5.97 Å². The zero-order valence-corrected chi connectivity index (χ0v) is 15.0. The summed E-state index contributed by atoms with van der Waals surface area (Å²) in [5.41, 5.74) is 1.86. The third-order valence-electron chi connectivity index (χ3n) is 3.37. The molecule has 2 aromatic carbocycles. The fraction of sp³-hybridized carbons (Fsp3) is 0.150. The Morgan fingerprint density at radius 1 is 0.963 bits per heavy atom. The number of rotatable bonds is 7. The van der Waals surface area contributed by atoms with E-state index < -0.39 is 18.5 Å². The van der Waals surface area contributed by atoms with E-state index in [1.54, 1.807) is 42.5 Å². The maximum Gasteiger partial charge on any atom is 0.331 e. The minimum absolute atomic E-state index is 0.181. The second kappa shape index (κ2) is 9.76. The average Bonchev–Trinajstić information content (AvgIpc) is 2.66. The Balaban J connectivity index is 1.81. The molecule has 2 N–H and O–H groups in total. The van der Waals surface area contributed by atoms with E-state index in [0.29, 0.717) is 17.1 Å². The lowest BCUT2D eigenvalue weighted by Crippen LogP contribution is -2.20. The molecular formula is C20H20N2O5. The minimum atomic E-state index is -0.642. The lowest BCUT2D eigenvalue weighted by atomic mass is 10.2. The van der Waals surface area contributed by atoms with Crippen LogP contribution in [0.4, 0.5) is 11.4 Å². The van der Waals surface area contributed by atoms with Crippen LogP contribution >= 0.6 is 0 Å². The fourth-order valence-electron chi connectivity index (χ4n) is 2.18. The number of nitrogens with one attached hydrogen (secondary N) is 2. The Kier molecular flexibility index (Phi) is 7.13. The van der Waals surface area contributed by atoms with Crippen molar-refractivity contribution in [2.24, 2.45) is 0 Å². The SMILES string of the molecule is COc1ccccc1/C=C/C(=O)OCC(=O)Nc1ccc(NC(C)=O)cc1. The predicted octanol–water partition coefficient (Wildman–Crippen LogP) is 2.85. The number of hydrogen-bond donors (Lipinski definition) is 2. The molecule has 0 aliphatic heterocycles. The van der Waals surface area contributed by atoms with Crippen molar-refractivity contribution in [3.8, 4) is 5.75 Å². The van der Waals surface area contributed by atoms with Crippen molar-refractivity contribution in [3.63, 3.8) is 0 Å². The number of benzene rings is 2. The maximum absolute atomic E-state index is 11.9. The highest BCUT2D eigenvalue weighted by Crippen LogP contribution is 2.18. The summed E-state index contributed by atoms with van der Waals surface area (Å²) in [6.07, 6.45) is 2.78. The molecule has 0 spiro atoms. The van der Waals surface area contributed by atoms with Gasteiger partial charge in [-0.2, -0.15) is 0 Å². The molecule has 0 unspecified atom stereocenters. The van der Waals surface area contributed by atoms with Gasteiger partial charge in [-0.15, -0.1) is 0 Å². The fourth-order valence-corrected chi connectivity index (χ4v) is 2.18. The Labute approximate surface area is 157 Å². The van der Waals surface area contributed by atoms with Crippen LogP contribution in [-0.4, -0.2) is 31.5 Å². The largest absolute Gasteiger partial charge is 0.496 e. The van der Waals surface area contributed by atoms with Crippen molar-refractivity contribution in [1.29, 1.82) is 0 Å². The standard InChI is InChI=1S/C20H20N2O5/c1-14(23)21-16-8-10-17(11-9-16)22-19(24)13-27-20(25)12-7-15-5-3-4-6-18(15)26-2/h3-12H,13H2,1-2H3,(H,21,23)(H,22,24)/b12-7+. The van der Waals surface area contributed by atoms with E-state index in [0.717, 1.165) is 5.56 Å². The van der Waals surface area contributed by atoms with E-state index in [1.165, 1.54) is 20.1 Å². The van der Waals surface area contributed by atoms with Gasteiger partial charge in [0, 0.05) is 29.9 Å². The van der Waals surface area contributed by atoms with Crippen molar-refractivity contribution in [1.82, 2.24) is 0 Å². The molecule has 7 nitrogen and oxygen atoms in total. The van der Waals surface area contributed by atoms with Crippen molar-refractivity contribution in [2.75, 3.05) is 24.4 Å². The van der Waals surface area contributed by atoms with Crippen LogP contribution in [0.25, 0.3) is 6.08 Å². The quantitative estimate of drug-likeness (QED) is 0.579. The molecular weight excluding hydrogens is 348 g/mol. The average molecular weight is 368 g/mol. The second-order valence-corrected chi connectivity index (χ2v) is 5.49. The smallest absolute Gasteiger partial charge is 0.331 e. The number of carbonyl (C=O) groups is 3. The third-order valence-corrected chi connectivity index (χ3v) is 3.37. The van der Waals surface area contributed by atoms with Gasteiger partial charge in [-0.1, -0.05) is 18.2 Å². The van der Waals surface area contributed by atoms with Gasteiger partial charge in [-0.05, 0) is 36.4 Å². The molecule has 0 aromatic heterocycles. The second-order valence-electron chi connectivity index (χ2n) is 5.49. The number of para-hydroxylation sites is 1. The maximum atomic E-state index is 11.9. The summed E-state index contributed by atoms with van der Waals surface area (Å²) in [4.78, 5) is 34.6. The van der Waals surface area contributed by atoms with Crippen LogP contribution in [0, 0.1) is 0 Å².